The monoisotopic (exact) mass is 326 g/mol. The number of nitrogens with zero attached hydrogens (tertiary/aromatic N) is 1. The summed E-state index contributed by atoms with van der Waals surface area (Å²) in [5, 5.41) is 2.83. The second kappa shape index (κ2) is 6.28. The van der Waals surface area contributed by atoms with E-state index in [9.17, 15) is 13.2 Å². The molecule has 0 aromatic heterocycles. The average molecular weight is 326 g/mol. The molecule has 0 saturated heterocycles. The second-order valence-electron chi connectivity index (χ2n) is 6.82. The third kappa shape index (κ3) is 5.02. The van der Waals surface area contributed by atoms with Gasteiger partial charge in [-0.1, -0.05) is 6.07 Å². The minimum Gasteiger partial charge on any atom is -0.350 e. The molecule has 1 N–H and O–H groups in total. The highest BCUT2D eigenvalue weighted by Crippen LogP contribution is 2.24. The van der Waals surface area contributed by atoms with Crippen LogP contribution in [0, 0.1) is 13.8 Å². The lowest BCUT2D eigenvalue weighted by atomic mass is 10.1. The summed E-state index contributed by atoms with van der Waals surface area (Å²) in [4.78, 5) is 12.4. The quantitative estimate of drug-likeness (QED) is 0.924. The molecule has 1 amide bonds. The Bertz CT molecular complexity index is 640. The van der Waals surface area contributed by atoms with Gasteiger partial charge in [0.1, 0.15) is 6.04 Å². The van der Waals surface area contributed by atoms with Gasteiger partial charge in [0, 0.05) is 5.54 Å². The van der Waals surface area contributed by atoms with Gasteiger partial charge in [0.25, 0.3) is 0 Å². The van der Waals surface area contributed by atoms with Crippen LogP contribution in [-0.2, 0) is 14.8 Å². The highest BCUT2D eigenvalue weighted by molar-refractivity contribution is 7.92. The van der Waals surface area contributed by atoms with Crippen LogP contribution in [0.15, 0.2) is 18.2 Å². The maximum absolute atomic E-state index is 12.4. The lowest BCUT2D eigenvalue weighted by molar-refractivity contribution is -0.123. The highest BCUT2D eigenvalue weighted by atomic mass is 32.2. The van der Waals surface area contributed by atoms with Crippen molar-refractivity contribution < 1.29 is 13.2 Å². The number of carbonyl (C=O) groups excluding carboxylic acids is 1. The minimum atomic E-state index is -3.58. The summed E-state index contributed by atoms with van der Waals surface area (Å²) in [6, 6.07) is 4.68. The van der Waals surface area contributed by atoms with Crippen LogP contribution in [0.4, 0.5) is 5.69 Å². The highest BCUT2D eigenvalue weighted by Gasteiger charge is 2.31. The molecule has 1 unspecified atom stereocenters. The molecule has 22 heavy (non-hydrogen) atoms. The molecule has 0 radical (unpaired) electrons. The van der Waals surface area contributed by atoms with Crippen LogP contribution in [0.25, 0.3) is 0 Å². The average Bonchev–Trinajstić information content (AvgIpc) is 2.22. The summed E-state index contributed by atoms with van der Waals surface area (Å²) in [6.45, 7) is 11.0. The van der Waals surface area contributed by atoms with Crippen molar-refractivity contribution in [2.45, 2.75) is 53.1 Å². The standard InChI is InChI=1S/C16H26N2O3S/c1-11-8-12(2)10-14(9-11)18(22(7,20)21)13(3)15(19)17-16(4,5)6/h8-10,13H,1-7H3,(H,17,19). The molecule has 1 aromatic carbocycles. The number of aryl methyl sites for hydroxylation is 2. The van der Waals surface area contributed by atoms with Gasteiger partial charge in [-0.15, -0.1) is 0 Å². The molecule has 0 bridgehead atoms. The first-order chi connectivity index (χ1) is 9.81. The van der Waals surface area contributed by atoms with Gasteiger partial charge >= 0.3 is 0 Å². The van der Waals surface area contributed by atoms with Crippen LogP contribution >= 0.6 is 0 Å². The number of amides is 1. The molecule has 0 fully saturated rings. The fourth-order valence-corrected chi connectivity index (χ4v) is 3.52. The van der Waals surface area contributed by atoms with Gasteiger partial charge in [-0.25, -0.2) is 8.42 Å². The molecule has 1 atom stereocenters. The molecule has 124 valence electrons. The van der Waals surface area contributed by atoms with Gasteiger partial charge < -0.3 is 5.32 Å². The molecular weight excluding hydrogens is 300 g/mol. The number of hydrogen-bond donors (Lipinski definition) is 1. The maximum atomic E-state index is 12.4. The molecule has 0 heterocycles. The van der Waals surface area contributed by atoms with Crippen LogP contribution in [0.1, 0.15) is 38.8 Å². The summed E-state index contributed by atoms with van der Waals surface area (Å²) in [7, 11) is -3.58. The first-order valence-electron chi connectivity index (χ1n) is 7.21. The fourth-order valence-electron chi connectivity index (χ4n) is 2.36. The fraction of sp³-hybridized carbons (Fsp3) is 0.562. The van der Waals surface area contributed by atoms with Crippen LogP contribution in [0.5, 0.6) is 0 Å². The van der Waals surface area contributed by atoms with Crippen molar-refractivity contribution >= 4 is 21.6 Å². The summed E-state index contributed by atoms with van der Waals surface area (Å²) in [5.74, 6) is -0.322. The van der Waals surface area contributed by atoms with Crippen molar-refractivity contribution in [1.29, 1.82) is 0 Å². The Morgan fingerprint density at radius 1 is 1.14 bits per heavy atom. The topological polar surface area (TPSA) is 66.5 Å². The minimum absolute atomic E-state index is 0.322. The molecule has 1 rings (SSSR count). The Labute approximate surface area is 133 Å². The van der Waals surface area contributed by atoms with Crippen LogP contribution in [0.3, 0.4) is 0 Å². The Morgan fingerprint density at radius 3 is 1.95 bits per heavy atom. The Hall–Kier alpha value is -1.56. The van der Waals surface area contributed by atoms with E-state index < -0.39 is 21.6 Å². The van der Waals surface area contributed by atoms with E-state index in [2.05, 4.69) is 5.32 Å². The van der Waals surface area contributed by atoms with Gasteiger partial charge in [0.15, 0.2) is 0 Å². The zero-order chi connectivity index (χ0) is 17.3. The van der Waals surface area contributed by atoms with Gasteiger partial charge in [-0.3, -0.25) is 9.10 Å². The van der Waals surface area contributed by atoms with E-state index in [4.69, 9.17) is 0 Å². The SMILES string of the molecule is Cc1cc(C)cc(N(C(C)C(=O)NC(C)(C)C)S(C)(=O)=O)c1. The number of rotatable bonds is 4. The maximum Gasteiger partial charge on any atom is 0.244 e. The molecule has 0 aliphatic rings. The predicted molar refractivity (Wildman–Crippen MR) is 90.6 cm³/mol. The third-order valence-corrected chi connectivity index (χ3v) is 4.29. The molecule has 0 saturated carbocycles. The van der Waals surface area contributed by atoms with Gasteiger partial charge in [0.2, 0.25) is 15.9 Å². The van der Waals surface area contributed by atoms with E-state index in [1.165, 1.54) is 4.31 Å². The summed E-state index contributed by atoms with van der Waals surface area (Å²) < 4.78 is 25.6. The van der Waals surface area contributed by atoms with Crippen molar-refractivity contribution in [2.75, 3.05) is 10.6 Å². The van der Waals surface area contributed by atoms with E-state index in [1.807, 2.05) is 40.7 Å². The number of sulfonamides is 1. The lowest BCUT2D eigenvalue weighted by Crippen LogP contribution is -2.52. The number of carbonyl (C=O) groups is 1. The zero-order valence-corrected chi connectivity index (χ0v) is 15.2. The van der Waals surface area contributed by atoms with Crippen molar-refractivity contribution in [3.63, 3.8) is 0 Å². The van der Waals surface area contributed by atoms with Crippen molar-refractivity contribution in [2.24, 2.45) is 0 Å². The van der Waals surface area contributed by atoms with Crippen LogP contribution < -0.4 is 9.62 Å². The molecule has 5 nitrogen and oxygen atoms in total. The van der Waals surface area contributed by atoms with E-state index in [1.54, 1.807) is 19.1 Å². The predicted octanol–water partition coefficient (Wildman–Crippen LogP) is 2.37. The smallest absolute Gasteiger partial charge is 0.244 e. The second-order valence-corrected chi connectivity index (χ2v) is 8.68. The number of nitrogens with one attached hydrogen (secondary N) is 1. The van der Waals surface area contributed by atoms with Crippen molar-refractivity contribution in [1.82, 2.24) is 5.32 Å². The molecule has 1 aromatic rings. The summed E-state index contributed by atoms with van der Waals surface area (Å²) >= 11 is 0. The van der Waals surface area contributed by atoms with Crippen LogP contribution in [0.2, 0.25) is 0 Å². The first-order valence-corrected chi connectivity index (χ1v) is 9.06. The Balaban J connectivity index is 3.28. The molecular formula is C16H26N2O3S. The Morgan fingerprint density at radius 2 is 1.59 bits per heavy atom. The Kier molecular flexibility index (Phi) is 5.28. The van der Waals surface area contributed by atoms with Gasteiger partial charge in [0.05, 0.1) is 11.9 Å². The molecule has 0 aliphatic heterocycles. The first kappa shape index (κ1) is 18.5. The molecule has 0 spiro atoms. The number of benzene rings is 1. The normalized spacial score (nSPS) is 13.6. The number of hydrogen-bond acceptors (Lipinski definition) is 3. The summed E-state index contributed by atoms with van der Waals surface area (Å²) in [5.41, 5.74) is 1.99. The molecule has 6 heteroatoms. The summed E-state index contributed by atoms with van der Waals surface area (Å²) in [6.07, 6.45) is 1.12. The third-order valence-electron chi connectivity index (χ3n) is 3.05. The zero-order valence-electron chi connectivity index (χ0n) is 14.4. The largest absolute Gasteiger partial charge is 0.350 e. The molecule has 0 aliphatic carbocycles. The van der Waals surface area contributed by atoms with Crippen molar-refractivity contribution in [3.8, 4) is 0 Å². The van der Waals surface area contributed by atoms with Crippen molar-refractivity contribution in [3.05, 3.63) is 29.3 Å². The van der Waals surface area contributed by atoms with E-state index in [0.29, 0.717) is 5.69 Å². The lowest BCUT2D eigenvalue weighted by Gasteiger charge is -2.31. The number of anilines is 1. The van der Waals surface area contributed by atoms with E-state index >= 15 is 0 Å². The van der Waals surface area contributed by atoms with E-state index in [0.717, 1.165) is 17.4 Å². The van der Waals surface area contributed by atoms with Gasteiger partial charge in [-0.05, 0) is 64.8 Å². The van der Waals surface area contributed by atoms with E-state index in [-0.39, 0.29) is 5.91 Å². The van der Waals surface area contributed by atoms with Crippen LogP contribution in [-0.4, -0.2) is 32.2 Å². The van der Waals surface area contributed by atoms with Gasteiger partial charge in [-0.2, -0.15) is 0 Å².